The first-order valence-corrected chi connectivity index (χ1v) is 8.48. The highest BCUT2D eigenvalue weighted by Crippen LogP contribution is 2.46. The van der Waals surface area contributed by atoms with E-state index in [9.17, 15) is 4.79 Å². The maximum atomic E-state index is 12.5. The molecule has 2 aromatic rings. The maximum Gasteiger partial charge on any atom is 0.318 e. The van der Waals surface area contributed by atoms with Crippen molar-refractivity contribution in [1.29, 1.82) is 0 Å². The molecule has 1 aliphatic rings. The Bertz CT molecular complexity index is 614. The van der Waals surface area contributed by atoms with Gasteiger partial charge in [-0.25, -0.2) is 9.78 Å². The molecule has 1 aliphatic carbocycles. The molecular weight excluding hydrogens is 294 g/mol. The van der Waals surface area contributed by atoms with Crippen molar-refractivity contribution in [3.8, 4) is 0 Å². The van der Waals surface area contributed by atoms with E-state index in [1.165, 1.54) is 12.0 Å². The predicted octanol–water partition coefficient (Wildman–Crippen LogP) is 3.68. The SMILES string of the molecule is C[C@@H]1C[C@@H]1[C@@H](NC(=O)N(C)Cc1nccs1)c1ccccc1. The van der Waals surface area contributed by atoms with Gasteiger partial charge in [0.15, 0.2) is 0 Å². The van der Waals surface area contributed by atoms with Crippen LogP contribution in [0.15, 0.2) is 41.9 Å². The number of nitrogens with one attached hydrogen (secondary N) is 1. The van der Waals surface area contributed by atoms with Crippen molar-refractivity contribution >= 4 is 17.4 Å². The number of carbonyl (C=O) groups excluding carboxylic acids is 1. The van der Waals surface area contributed by atoms with E-state index in [0.29, 0.717) is 18.4 Å². The number of amides is 2. The largest absolute Gasteiger partial charge is 0.331 e. The summed E-state index contributed by atoms with van der Waals surface area (Å²) in [5, 5.41) is 6.08. The Morgan fingerprint density at radius 3 is 2.77 bits per heavy atom. The normalized spacial score (nSPS) is 21.2. The zero-order chi connectivity index (χ0) is 15.5. The second kappa shape index (κ2) is 6.48. The summed E-state index contributed by atoms with van der Waals surface area (Å²) in [6.45, 7) is 2.79. The molecule has 1 aromatic heterocycles. The van der Waals surface area contributed by atoms with Crippen LogP contribution in [0.3, 0.4) is 0 Å². The monoisotopic (exact) mass is 315 g/mol. The van der Waals surface area contributed by atoms with Gasteiger partial charge in [-0.3, -0.25) is 0 Å². The molecule has 1 aromatic carbocycles. The summed E-state index contributed by atoms with van der Waals surface area (Å²) in [6.07, 6.45) is 2.94. The van der Waals surface area contributed by atoms with Crippen LogP contribution in [0, 0.1) is 11.8 Å². The van der Waals surface area contributed by atoms with Crippen LogP contribution in [0.2, 0.25) is 0 Å². The van der Waals surface area contributed by atoms with E-state index in [4.69, 9.17) is 0 Å². The van der Waals surface area contributed by atoms with Crippen LogP contribution < -0.4 is 5.32 Å². The van der Waals surface area contributed by atoms with Crippen LogP contribution in [0.1, 0.15) is 30.0 Å². The summed E-state index contributed by atoms with van der Waals surface area (Å²) in [5.41, 5.74) is 1.19. The van der Waals surface area contributed by atoms with Gasteiger partial charge in [-0.2, -0.15) is 0 Å². The fourth-order valence-corrected chi connectivity index (χ4v) is 3.43. The number of hydrogen-bond acceptors (Lipinski definition) is 3. The van der Waals surface area contributed by atoms with Crippen LogP contribution >= 0.6 is 11.3 Å². The third-order valence-corrected chi connectivity index (χ3v) is 5.00. The molecule has 0 unspecified atom stereocenters. The summed E-state index contributed by atoms with van der Waals surface area (Å²) in [4.78, 5) is 18.4. The Kier molecular flexibility index (Phi) is 4.43. The molecule has 0 aliphatic heterocycles. The minimum Gasteiger partial charge on any atom is -0.331 e. The topological polar surface area (TPSA) is 45.2 Å². The van der Waals surface area contributed by atoms with Gasteiger partial charge in [0, 0.05) is 18.6 Å². The van der Waals surface area contributed by atoms with Gasteiger partial charge in [-0.1, -0.05) is 37.3 Å². The lowest BCUT2D eigenvalue weighted by atomic mass is 10.0. The minimum atomic E-state index is -0.0387. The van der Waals surface area contributed by atoms with Gasteiger partial charge in [-0.05, 0) is 23.8 Å². The first-order valence-electron chi connectivity index (χ1n) is 7.60. The third kappa shape index (κ3) is 3.47. The number of thiazole rings is 1. The second-order valence-electron chi connectivity index (χ2n) is 6.00. The van der Waals surface area contributed by atoms with Gasteiger partial charge in [0.05, 0.1) is 12.6 Å². The molecule has 1 fully saturated rings. The summed E-state index contributed by atoms with van der Waals surface area (Å²) in [5.74, 6) is 1.22. The zero-order valence-electron chi connectivity index (χ0n) is 12.9. The lowest BCUT2D eigenvalue weighted by Gasteiger charge is -2.24. The van der Waals surface area contributed by atoms with Gasteiger partial charge in [0.1, 0.15) is 5.01 Å². The average molecular weight is 315 g/mol. The van der Waals surface area contributed by atoms with E-state index >= 15 is 0 Å². The molecule has 1 heterocycles. The molecule has 1 N–H and O–H groups in total. The quantitative estimate of drug-likeness (QED) is 0.915. The molecule has 1 saturated carbocycles. The molecule has 3 rings (SSSR count). The van der Waals surface area contributed by atoms with E-state index in [1.54, 1.807) is 22.4 Å². The molecule has 3 atom stereocenters. The zero-order valence-corrected chi connectivity index (χ0v) is 13.7. The van der Waals surface area contributed by atoms with Crippen LogP contribution in [0.25, 0.3) is 0 Å². The number of carbonyl (C=O) groups is 1. The molecule has 0 saturated heterocycles. The molecule has 0 spiro atoms. The lowest BCUT2D eigenvalue weighted by Crippen LogP contribution is -2.39. The van der Waals surface area contributed by atoms with Crippen molar-refractivity contribution in [2.24, 2.45) is 11.8 Å². The Morgan fingerprint density at radius 2 is 2.18 bits per heavy atom. The van der Waals surface area contributed by atoms with Gasteiger partial charge in [0.25, 0.3) is 0 Å². The Balaban J connectivity index is 1.66. The fourth-order valence-electron chi connectivity index (χ4n) is 2.76. The summed E-state index contributed by atoms with van der Waals surface area (Å²) < 4.78 is 0. The van der Waals surface area contributed by atoms with Gasteiger partial charge in [0.2, 0.25) is 0 Å². The second-order valence-corrected chi connectivity index (χ2v) is 6.98. The van der Waals surface area contributed by atoms with Gasteiger partial charge >= 0.3 is 6.03 Å². The maximum absolute atomic E-state index is 12.5. The average Bonchev–Trinajstić information content (AvgIpc) is 3.02. The minimum absolute atomic E-state index is 0.0387. The number of nitrogens with zero attached hydrogens (tertiary/aromatic N) is 2. The van der Waals surface area contributed by atoms with E-state index < -0.39 is 0 Å². The van der Waals surface area contributed by atoms with Gasteiger partial charge < -0.3 is 10.2 Å². The van der Waals surface area contributed by atoms with E-state index in [0.717, 1.165) is 5.01 Å². The van der Waals surface area contributed by atoms with E-state index in [-0.39, 0.29) is 12.1 Å². The Morgan fingerprint density at radius 1 is 1.45 bits per heavy atom. The molecular formula is C17H21N3OS. The highest BCUT2D eigenvalue weighted by Gasteiger charge is 2.41. The molecule has 0 bridgehead atoms. The molecule has 116 valence electrons. The highest BCUT2D eigenvalue weighted by atomic mass is 32.1. The highest BCUT2D eigenvalue weighted by molar-refractivity contribution is 7.09. The lowest BCUT2D eigenvalue weighted by molar-refractivity contribution is 0.200. The van der Waals surface area contributed by atoms with E-state index in [1.807, 2.05) is 30.6 Å². The van der Waals surface area contributed by atoms with Crippen molar-refractivity contribution < 1.29 is 4.79 Å². The smallest absolute Gasteiger partial charge is 0.318 e. The molecule has 2 amide bonds. The Hall–Kier alpha value is -1.88. The first-order chi connectivity index (χ1) is 10.6. The molecule has 4 nitrogen and oxygen atoms in total. The standard InChI is InChI=1S/C17H21N3OS/c1-12-10-14(12)16(13-6-4-3-5-7-13)19-17(21)20(2)11-15-18-8-9-22-15/h3-9,12,14,16H,10-11H2,1-2H3,(H,19,21)/t12-,14+,16+/m1/s1. The third-order valence-electron chi connectivity index (χ3n) is 4.24. The summed E-state index contributed by atoms with van der Waals surface area (Å²) >= 11 is 1.57. The Labute approximate surface area is 135 Å². The number of aromatic nitrogens is 1. The number of benzene rings is 1. The van der Waals surface area contributed by atoms with Gasteiger partial charge in [-0.15, -0.1) is 11.3 Å². The number of hydrogen-bond donors (Lipinski definition) is 1. The van der Waals surface area contributed by atoms with E-state index in [2.05, 4.69) is 29.4 Å². The molecule has 0 radical (unpaired) electrons. The van der Waals surface area contributed by atoms with Crippen molar-refractivity contribution in [2.45, 2.75) is 25.9 Å². The van der Waals surface area contributed by atoms with Crippen LogP contribution in [-0.2, 0) is 6.54 Å². The summed E-state index contributed by atoms with van der Waals surface area (Å²) in [6, 6.07) is 10.3. The van der Waals surface area contributed by atoms with Crippen LogP contribution in [0.5, 0.6) is 0 Å². The first kappa shape index (κ1) is 15.0. The van der Waals surface area contributed by atoms with Crippen LogP contribution in [0.4, 0.5) is 4.79 Å². The number of urea groups is 1. The fraction of sp³-hybridized carbons (Fsp3) is 0.412. The van der Waals surface area contributed by atoms with Crippen molar-refractivity contribution in [2.75, 3.05) is 7.05 Å². The number of rotatable bonds is 5. The van der Waals surface area contributed by atoms with Crippen molar-refractivity contribution in [3.63, 3.8) is 0 Å². The van der Waals surface area contributed by atoms with Crippen molar-refractivity contribution in [1.82, 2.24) is 15.2 Å². The predicted molar refractivity (Wildman–Crippen MR) is 88.6 cm³/mol. The van der Waals surface area contributed by atoms with Crippen LogP contribution in [-0.4, -0.2) is 23.0 Å². The molecule has 22 heavy (non-hydrogen) atoms. The molecule has 5 heteroatoms. The summed E-state index contributed by atoms with van der Waals surface area (Å²) in [7, 11) is 1.81. The van der Waals surface area contributed by atoms with Crippen molar-refractivity contribution in [3.05, 3.63) is 52.5 Å².